The van der Waals surface area contributed by atoms with E-state index < -0.39 is 10.0 Å². The molecular formula is C14H16BrN3O2S. The summed E-state index contributed by atoms with van der Waals surface area (Å²) in [4.78, 5) is 4.25. The summed E-state index contributed by atoms with van der Waals surface area (Å²) in [6, 6.07) is 8.47. The third-order valence-electron chi connectivity index (χ3n) is 2.82. The highest BCUT2D eigenvalue weighted by Crippen LogP contribution is 2.25. The summed E-state index contributed by atoms with van der Waals surface area (Å²) >= 11 is 3.32. The molecule has 0 aliphatic rings. The zero-order valence-electron chi connectivity index (χ0n) is 11.7. The highest BCUT2D eigenvalue weighted by Gasteiger charge is 2.18. The molecule has 0 unspecified atom stereocenters. The highest BCUT2D eigenvalue weighted by molar-refractivity contribution is 9.10. The van der Waals surface area contributed by atoms with Gasteiger partial charge in [-0.05, 0) is 59.7 Å². The van der Waals surface area contributed by atoms with Crippen molar-refractivity contribution in [2.45, 2.75) is 18.4 Å². The number of aromatic nitrogens is 1. The van der Waals surface area contributed by atoms with Gasteiger partial charge in [0.2, 0.25) is 0 Å². The fraction of sp³-hybridized carbons (Fsp3) is 0.214. The van der Waals surface area contributed by atoms with Gasteiger partial charge in [0.25, 0.3) is 10.0 Å². The van der Waals surface area contributed by atoms with E-state index in [0.717, 1.165) is 11.3 Å². The van der Waals surface area contributed by atoms with Crippen LogP contribution < -0.4 is 10.0 Å². The van der Waals surface area contributed by atoms with Gasteiger partial charge in [0.1, 0.15) is 4.90 Å². The van der Waals surface area contributed by atoms with Crippen molar-refractivity contribution in [3.8, 4) is 0 Å². The molecule has 1 heterocycles. The van der Waals surface area contributed by atoms with Gasteiger partial charge in [0.15, 0.2) is 0 Å². The van der Waals surface area contributed by atoms with Crippen LogP contribution in [0.25, 0.3) is 0 Å². The predicted molar refractivity (Wildman–Crippen MR) is 86.7 cm³/mol. The first kappa shape index (κ1) is 15.9. The van der Waals surface area contributed by atoms with Gasteiger partial charge in [-0.2, -0.15) is 0 Å². The molecule has 1 aromatic carbocycles. The number of hydrogen-bond donors (Lipinski definition) is 2. The lowest BCUT2D eigenvalue weighted by Crippen LogP contribution is -2.14. The molecular weight excluding hydrogens is 354 g/mol. The average Bonchev–Trinajstić information content (AvgIpc) is 2.38. The van der Waals surface area contributed by atoms with Gasteiger partial charge < -0.3 is 5.32 Å². The monoisotopic (exact) mass is 369 g/mol. The number of nitrogens with zero attached hydrogens (tertiary/aromatic N) is 1. The molecule has 0 saturated carbocycles. The van der Waals surface area contributed by atoms with Crippen molar-refractivity contribution in [1.82, 2.24) is 10.3 Å². The normalized spacial score (nSPS) is 11.4. The first-order chi connectivity index (χ1) is 9.92. The van der Waals surface area contributed by atoms with Crippen molar-refractivity contribution >= 4 is 31.6 Å². The van der Waals surface area contributed by atoms with Gasteiger partial charge in [-0.1, -0.05) is 6.07 Å². The molecule has 0 amide bonds. The summed E-state index contributed by atoms with van der Waals surface area (Å²) < 4.78 is 27.9. The van der Waals surface area contributed by atoms with Crippen molar-refractivity contribution in [2.24, 2.45) is 0 Å². The van der Waals surface area contributed by atoms with Gasteiger partial charge in [-0.15, -0.1) is 0 Å². The fourth-order valence-electron chi connectivity index (χ4n) is 1.90. The van der Waals surface area contributed by atoms with E-state index in [0.29, 0.717) is 16.7 Å². The second-order valence-electron chi connectivity index (χ2n) is 4.59. The Labute approximate surface area is 133 Å². The molecule has 7 heteroatoms. The predicted octanol–water partition coefficient (Wildman–Crippen LogP) is 2.67. The molecule has 0 fully saturated rings. The number of anilines is 1. The Bertz CT molecular complexity index is 748. The molecule has 112 valence electrons. The van der Waals surface area contributed by atoms with E-state index in [1.165, 1.54) is 0 Å². The third kappa shape index (κ3) is 4.03. The van der Waals surface area contributed by atoms with Gasteiger partial charge >= 0.3 is 0 Å². The SMILES string of the molecule is CNCc1ccc(S(=O)(=O)Nc2ccnc(C)c2)c(Br)c1. The lowest BCUT2D eigenvalue weighted by atomic mass is 10.2. The van der Waals surface area contributed by atoms with Gasteiger partial charge in [0.05, 0.1) is 5.69 Å². The van der Waals surface area contributed by atoms with Crippen LogP contribution in [-0.4, -0.2) is 20.4 Å². The number of benzene rings is 1. The minimum Gasteiger partial charge on any atom is -0.316 e. The molecule has 1 aromatic heterocycles. The van der Waals surface area contributed by atoms with E-state index in [9.17, 15) is 8.42 Å². The van der Waals surface area contributed by atoms with Crippen molar-refractivity contribution in [3.05, 3.63) is 52.3 Å². The molecule has 5 nitrogen and oxygen atoms in total. The van der Waals surface area contributed by atoms with Crippen molar-refractivity contribution in [2.75, 3.05) is 11.8 Å². The van der Waals surface area contributed by atoms with Crippen LogP contribution in [0.3, 0.4) is 0 Å². The van der Waals surface area contributed by atoms with Crippen LogP contribution in [0.4, 0.5) is 5.69 Å². The molecule has 0 radical (unpaired) electrons. The molecule has 0 aliphatic carbocycles. The minimum absolute atomic E-state index is 0.205. The number of rotatable bonds is 5. The van der Waals surface area contributed by atoms with E-state index >= 15 is 0 Å². The van der Waals surface area contributed by atoms with Crippen molar-refractivity contribution in [1.29, 1.82) is 0 Å². The Hall–Kier alpha value is -1.44. The van der Waals surface area contributed by atoms with Crippen LogP contribution in [-0.2, 0) is 16.6 Å². The summed E-state index contributed by atoms with van der Waals surface area (Å²) in [5, 5.41) is 3.02. The van der Waals surface area contributed by atoms with Crippen LogP contribution in [0.5, 0.6) is 0 Å². The molecule has 0 bridgehead atoms. The maximum atomic E-state index is 12.4. The summed E-state index contributed by atoms with van der Waals surface area (Å²) in [7, 11) is -1.80. The molecule has 0 aliphatic heterocycles. The fourth-order valence-corrected chi connectivity index (χ4v) is 4.07. The van der Waals surface area contributed by atoms with E-state index in [2.05, 4.69) is 31.0 Å². The van der Waals surface area contributed by atoms with E-state index in [-0.39, 0.29) is 4.90 Å². The standard InChI is InChI=1S/C14H16BrN3O2S/c1-10-7-12(5-6-17-10)18-21(19,20)14-4-3-11(9-16-2)8-13(14)15/h3-8,16H,9H2,1-2H3,(H,17,18). The van der Waals surface area contributed by atoms with Gasteiger partial charge in [0, 0.05) is 22.9 Å². The van der Waals surface area contributed by atoms with Crippen LogP contribution >= 0.6 is 15.9 Å². The van der Waals surface area contributed by atoms with E-state index in [1.807, 2.05) is 7.05 Å². The number of pyridine rings is 1. The Balaban J connectivity index is 2.31. The van der Waals surface area contributed by atoms with E-state index in [1.54, 1.807) is 43.5 Å². The Kier molecular flexibility index (Phi) is 4.97. The second-order valence-corrected chi connectivity index (χ2v) is 7.09. The first-order valence-electron chi connectivity index (χ1n) is 6.31. The Morgan fingerprint density at radius 1 is 1.24 bits per heavy atom. The zero-order chi connectivity index (χ0) is 15.5. The first-order valence-corrected chi connectivity index (χ1v) is 8.58. The smallest absolute Gasteiger partial charge is 0.263 e. The van der Waals surface area contributed by atoms with Crippen molar-refractivity contribution in [3.63, 3.8) is 0 Å². The van der Waals surface area contributed by atoms with Gasteiger partial charge in [-0.3, -0.25) is 9.71 Å². The number of hydrogen-bond acceptors (Lipinski definition) is 4. The summed E-state index contributed by atoms with van der Waals surface area (Å²) in [6.07, 6.45) is 1.57. The minimum atomic E-state index is -3.64. The molecule has 0 saturated heterocycles. The van der Waals surface area contributed by atoms with Crippen molar-refractivity contribution < 1.29 is 8.42 Å². The van der Waals surface area contributed by atoms with Crippen LogP contribution in [0.1, 0.15) is 11.3 Å². The largest absolute Gasteiger partial charge is 0.316 e. The highest BCUT2D eigenvalue weighted by atomic mass is 79.9. The molecule has 21 heavy (non-hydrogen) atoms. The zero-order valence-corrected chi connectivity index (χ0v) is 14.1. The number of halogens is 1. The van der Waals surface area contributed by atoms with Gasteiger partial charge in [-0.25, -0.2) is 8.42 Å². The van der Waals surface area contributed by atoms with Crippen LogP contribution in [0.15, 0.2) is 45.9 Å². The molecule has 0 spiro atoms. The number of aryl methyl sites for hydroxylation is 1. The lowest BCUT2D eigenvalue weighted by Gasteiger charge is -2.11. The average molecular weight is 370 g/mol. The molecule has 2 aromatic rings. The quantitative estimate of drug-likeness (QED) is 0.849. The summed E-state index contributed by atoms with van der Waals surface area (Å²) in [6.45, 7) is 2.48. The number of nitrogens with one attached hydrogen (secondary N) is 2. The molecule has 2 rings (SSSR count). The topological polar surface area (TPSA) is 71.1 Å². The number of sulfonamides is 1. The van der Waals surface area contributed by atoms with E-state index in [4.69, 9.17) is 0 Å². The molecule has 0 atom stereocenters. The summed E-state index contributed by atoms with van der Waals surface area (Å²) in [5.41, 5.74) is 2.25. The summed E-state index contributed by atoms with van der Waals surface area (Å²) in [5.74, 6) is 0. The lowest BCUT2D eigenvalue weighted by molar-refractivity contribution is 0.600. The maximum Gasteiger partial charge on any atom is 0.263 e. The van der Waals surface area contributed by atoms with Crippen LogP contribution in [0, 0.1) is 6.92 Å². The maximum absolute atomic E-state index is 12.4. The second kappa shape index (κ2) is 6.55. The molecule has 2 N–H and O–H groups in total. The van der Waals surface area contributed by atoms with Crippen LogP contribution in [0.2, 0.25) is 0 Å². The third-order valence-corrected chi connectivity index (χ3v) is 5.17. The Morgan fingerprint density at radius 3 is 2.62 bits per heavy atom. The Morgan fingerprint density at radius 2 is 2.00 bits per heavy atom.